The zero-order valence-corrected chi connectivity index (χ0v) is 17.7. The highest BCUT2D eigenvalue weighted by atomic mass is 19.4. The van der Waals surface area contributed by atoms with Crippen LogP contribution in [0.5, 0.6) is 0 Å². The molecule has 7 nitrogen and oxygen atoms in total. The van der Waals surface area contributed by atoms with E-state index in [4.69, 9.17) is 24.5 Å². The summed E-state index contributed by atoms with van der Waals surface area (Å²) in [6, 6.07) is 6.96. The number of hydrogen-bond donors (Lipinski definition) is 2. The normalized spacial score (nSPS) is 14.8. The Kier molecular flexibility index (Phi) is 10.6. The predicted octanol–water partition coefficient (Wildman–Crippen LogP) is 4.17. The number of pyridine rings is 1. The Balaban J connectivity index is 0.000000343. The number of fused-ring (bicyclic) bond motifs is 1. The van der Waals surface area contributed by atoms with Crippen molar-refractivity contribution in [3.05, 3.63) is 41.3 Å². The van der Waals surface area contributed by atoms with Gasteiger partial charge in [-0.2, -0.15) is 26.3 Å². The van der Waals surface area contributed by atoms with Crippen LogP contribution in [-0.2, 0) is 20.9 Å². The van der Waals surface area contributed by atoms with Crippen LogP contribution in [-0.4, -0.2) is 70.7 Å². The zero-order chi connectivity index (χ0) is 26.1. The average Bonchev–Trinajstić information content (AvgIpc) is 2.95. The maximum absolute atomic E-state index is 13.3. The van der Waals surface area contributed by atoms with Crippen LogP contribution in [0.2, 0.25) is 0 Å². The van der Waals surface area contributed by atoms with Crippen LogP contribution >= 0.6 is 0 Å². The van der Waals surface area contributed by atoms with E-state index in [1.807, 2.05) is 13.0 Å². The van der Waals surface area contributed by atoms with Crippen molar-refractivity contribution >= 4 is 22.8 Å². The first kappa shape index (κ1) is 29.0. The lowest BCUT2D eigenvalue weighted by Gasteiger charge is -2.20. The molecule has 1 saturated heterocycles. The van der Waals surface area contributed by atoms with Gasteiger partial charge in [-0.25, -0.2) is 14.0 Å². The van der Waals surface area contributed by atoms with Crippen molar-refractivity contribution in [2.24, 2.45) is 0 Å². The Hall–Kier alpha value is -3.00. The van der Waals surface area contributed by atoms with Gasteiger partial charge in [-0.05, 0) is 37.1 Å². The van der Waals surface area contributed by atoms with Gasteiger partial charge in [0.25, 0.3) is 0 Å². The number of carboxylic acid groups (broad SMARTS) is 2. The number of hydrogen-bond acceptors (Lipinski definition) is 5. The first-order valence-corrected chi connectivity index (χ1v) is 9.57. The van der Waals surface area contributed by atoms with Gasteiger partial charge in [-0.3, -0.25) is 9.88 Å². The number of aromatic nitrogens is 1. The number of carbonyl (C=O) groups is 2. The molecule has 34 heavy (non-hydrogen) atoms. The van der Waals surface area contributed by atoms with Gasteiger partial charge >= 0.3 is 24.3 Å². The molecule has 0 atom stereocenters. The molecule has 0 radical (unpaired) electrons. The summed E-state index contributed by atoms with van der Waals surface area (Å²) in [7, 11) is 0. The largest absolute Gasteiger partial charge is 0.490 e. The second-order valence-electron chi connectivity index (χ2n) is 6.93. The first-order chi connectivity index (χ1) is 15.6. The van der Waals surface area contributed by atoms with Gasteiger partial charge in [0, 0.05) is 43.4 Å². The molecule has 1 aromatic carbocycles. The number of aliphatic carboxylic acids is 2. The van der Waals surface area contributed by atoms with Crippen LogP contribution in [0.1, 0.15) is 17.7 Å². The second-order valence-corrected chi connectivity index (χ2v) is 6.93. The summed E-state index contributed by atoms with van der Waals surface area (Å²) in [5, 5.41) is 15.3. The molecule has 1 aliphatic heterocycles. The van der Waals surface area contributed by atoms with E-state index < -0.39 is 24.3 Å². The summed E-state index contributed by atoms with van der Waals surface area (Å²) < 4.78 is 82.3. The standard InChI is InChI=1S/C16H19FN2O.2C2HF3O2/c1-12-9-13(11-19-5-2-7-20-8-6-19)15-4-3-14(17)10-16(15)18-12;2*3-2(4,5)1(6)7/h3-4,9-10H,2,5-8,11H2,1H3;2*(H,6,7). The molecule has 3 rings (SSSR count). The highest BCUT2D eigenvalue weighted by molar-refractivity contribution is 5.82. The number of nitrogens with zero attached hydrogens (tertiary/aromatic N) is 2. The molecular weight excluding hydrogens is 481 g/mol. The highest BCUT2D eigenvalue weighted by Gasteiger charge is 2.38. The lowest BCUT2D eigenvalue weighted by molar-refractivity contribution is -0.193. The smallest absolute Gasteiger partial charge is 0.475 e. The summed E-state index contributed by atoms with van der Waals surface area (Å²) >= 11 is 0. The van der Waals surface area contributed by atoms with Gasteiger partial charge in [0.05, 0.1) is 12.1 Å². The molecule has 0 aliphatic carbocycles. The Labute approximate surface area is 188 Å². The third-order valence-electron chi connectivity index (χ3n) is 4.18. The minimum Gasteiger partial charge on any atom is -0.475 e. The van der Waals surface area contributed by atoms with Gasteiger partial charge in [0.15, 0.2) is 0 Å². The number of carboxylic acids is 2. The topological polar surface area (TPSA) is 100.0 Å². The summed E-state index contributed by atoms with van der Waals surface area (Å²) in [6.45, 7) is 6.46. The maximum atomic E-state index is 13.3. The number of halogens is 7. The van der Waals surface area contributed by atoms with Crippen molar-refractivity contribution < 1.29 is 55.3 Å². The molecule has 2 aromatic rings. The zero-order valence-electron chi connectivity index (χ0n) is 17.7. The van der Waals surface area contributed by atoms with E-state index >= 15 is 0 Å². The van der Waals surface area contributed by atoms with Crippen LogP contribution < -0.4 is 0 Å². The quantitative estimate of drug-likeness (QED) is 0.595. The fourth-order valence-corrected chi connectivity index (χ4v) is 2.75. The van der Waals surface area contributed by atoms with Crippen molar-refractivity contribution in [2.75, 3.05) is 26.3 Å². The van der Waals surface area contributed by atoms with E-state index in [1.165, 1.54) is 17.7 Å². The molecule has 0 spiro atoms. The Bertz CT molecular complexity index is 943. The fourth-order valence-electron chi connectivity index (χ4n) is 2.75. The Morgan fingerprint density at radius 3 is 2.09 bits per heavy atom. The molecule has 0 saturated carbocycles. The molecular formula is C20H21F7N2O5. The van der Waals surface area contributed by atoms with Gasteiger partial charge in [-0.1, -0.05) is 0 Å². The maximum Gasteiger partial charge on any atom is 0.490 e. The summed E-state index contributed by atoms with van der Waals surface area (Å²) in [5.74, 6) is -5.75. The van der Waals surface area contributed by atoms with Gasteiger partial charge < -0.3 is 14.9 Å². The Morgan fingerprint density at radius 1 is 1.00 bits per heavy atom. The van der Waals surface area contributed by atoms with E-state index in [0.717, 1.165) is 55.9 Å². The van der Waals surface area contributed by atoms with Crippen molar-refractivity contribution in [2.45, 2.75) is 32.2 Å². The van der Waals surface area contributed by atoms with Crippen LogP contribution in [0.15, 0.2) is 24.3 Å². The monoisotopic (exact) mass is 502 g/mol. The molecule has 190 valence electrons. The number of aryl methyl sites for hydroxylation is 1. The highest BCUT2D eigenvalue weighted by Crippen LogP contribution is 2.21. The molecule has 1 fully saturated rings. The minimum atomic E-state index is -5.08. The van der Waals surface area contributed by atoms with E-state index in [1.54, 1.807) is 0 Å². The number of rotatable bonds is 2. The molecule has 2 N–H and O–H groups in total. The van der Waals surface area contributed by atoms with Crippen molar-refractivity contribution in [1.29, 1.82) is 0 Å². The van der Waals surface area contributed by atoms with Crippen LogP contribution in [0.25, 0.3) is 10.9 Å². The molecule has 1 aromatic heterocycles. The van der Waals surface area contributed by atoms with Crippen molar-refractivity contribution in [3.8, 4) is 0 Å². The molecule has 0 bridgehead atoms. The SMILES string of the molecule is Cc1cc(CN2CCCOCC2)c2ccc(F)cc2n1.O=C(O)C(F)(F)F.O=C(O)C(F)(F)F. The van der Waals surface area contributed by atoms with Gasteiger partial charge in [-0.15, -0.1) is 0 Å². The molecule has 2 heterocycles. The van der Waals surface area contributed by atoms with E-state index in [9.17, 15) is 30.7 Å². The van der Waals surface area contributed by atoms with E-state index in [2.05, 4.69) is 16.0 Å². The third kappa shape index (κ3) is 10.3. The minimum absolute atomic E-state index is 0.232. The summed E-state index contributed by atoms with van der Waals surface area (Å²) in [6.07, 6.45) is -9.10. The number of benzene rings is 1. The summed E-state index contributed by atoms with van der Waals surface area (Å²) in [5.41, 5.74) is 2.89. The second kappa shape index (κ2) is 12.5. The van der Waals surface area contributed by atoms with Crippen LogP contribution in [0.4, 0.5) is 30.7 Å². The lowest BCUT2D eigenvalue weighted by Crippen LogP contribution is -2.26. The molecule has 1 aliphatic rings. The first-order valence-electron chi connectivity index (χ1n) is 9.57. The number of ether oxygens (including phenoxy) is 1. The van der Waals surface area contributed by atoms with Gasteiger partial charge in [0.2, 0.25) is 0 Å². The molecule has 0 amide bonds. The van der Waals surface area contributed by atoms with Gasteiger partial charge in [0.1, 0.15) is 5.82 Å². The Morgan fingerprint density at radius 2 is 1.56 bits per heavy atom. The lowest BCUT2D eigenvalue weighted by atomic mass is 10.1. The van der Waals surface area contributed by atoms with E-state index in [-0.39, 0.29) is 5.82 Å². The molecule has 14 heteroatoms. The van der Waals surface area contributed by atoms with Crippen LogP contribution in [0.3, 0.4) is 0 Å². The average molecular weight is 502 g/mol. The summed E-state index contributed by atoms with van der Waals surface area (Å²) in [4.78, 5) is 24.6. The predicted molar refractivity (Wildman–Crippen MR) is 105 cm³/mol. The van der Waals surface area contributed by atoms with Crippen molar-refractivity contribution in [1.82, 2.24) is 9.88 Å². The fraction of sp³-hybridized carbons (Fsp3) is 0.450. The van der Waals surface area contributed by atoms with Crippen molar-refractivity contribution in [3.63, 3.8) is 0 Å². The third-order valence-corrected chi connectivity index (χ3v) is 4.18. The molecule has 0 unspecified atom stereocenters. The number of alkyl halides is 6. The van der Waals surface area contributed by atoms with Crippen LogP contribution in [0, 0.1) is 12.7 Å². The van der Waals surface area contributed by atoms with E-state index in [0.29, 0.717) is 0 Å².